The third-order valence-corrected chi connectivity index (χ3v) is 4.56. The van der Waals surface area contributed by atoms with Crippen molar-refractivity contribution in [2.75, 3.05) is 7.11 Å². The van der Waals surface area contributed by atoms with Gasteiger partial charge in [0.1, 0.15) is 11.6 Å². The quantitative estimate of drug-likeness (QED) is 0.734. The van der Waals surface area contributed by atoms with Crippen LogP contribution in [0.5, 0.6) is 5.75 Å². The molecule has 0 spiro atoms. The molecule has 7 heteroatoms. The van der Waals surface area contributed by atoms with Crippen molar-refractivity contribution in [3.05, 3.63) is 65.9 Å². The smallest absolute Gasteiger partial charge is 0.292 e. The summed E-state index contributed by atoms with van der Waals surface area (Å²) in [5.74, 6) is 1.74. The molecule has 2 aromatic heterocycles. The first-order valence-corrected chi connectivity index (χ1v) is 8.02. The molecule has 3 heterocycles. The summed E-state index contributed by atoms with van der Waals surface area (Å²) in [6.07, 6.45) is 5.00. The molecule has 0 saturated heterocycles. The summed E-state index contributed by atoms with van der Waals surface area (Å²) >= 11 is 0. The van der Waals surface area contributed by atoms with Crippen LogP contribution < -0.4 is 4.74 Å². The van der Waals surface area contributed by atoms with E-state index >= 15 is 0 Å². The number of hydrogen-bond acceptors (Lipinski definition) is 5. The van der Waals surface area contributed by atoms with Crippen molar-refractivity contribution in [2.24, 2.45) is 0 Å². The Morgan fingerprint density at radius 1 is 1.28 bits per heavy atom. The SMILES string of the molecule is COc1ccc([C@@H]2Cn3ccnc3CN2C(=O)c2ocnc2C)cc1. The Hall–Kier alpha value is -3.09. The number of methoxy groups -OCH3 is 1. The molecule has 0 saturated carbocycles. The van der Waals surface area contributed by atoms with Gasteiger partial charge in [0.15, 0.2) is 6.39 Å². The molecule has 1 amide bonds. The zero-order valence-corrected chi connectivity index (χ0v) is 14.0. The second-order valence-electron chi connectivity index (χ2n) is 5.98. The fourth-order valence-corrected chi connectivity index (χ4v) is 3.17. The molecular weight excluding hydrogens is 320 g/mol. The second-order valence-corrected chi connectivity index (χ2v) is 5.98. The van der Waals surface area contributed by atoms with Crippen LogP contribution in [0.15, 0.2) is 47.5 Å². The molecule has 25 heavy (non-hydrogen) atoms. The monoisotopic (exact) mass is 338 g/mol. The topological polar surface area (TPSA) is 73.4 Å². The Morgan fingerprint density at radius 2 is 2.08 bits per heavy atom. The maximum absolute atomic E-state index is 13.1. The lowest BCUT2D eigenvalue weighted by atomic mass is 10.0. The van der Waals surface area contributed by atoms with Crippen LogP contribution in [0.3, 0.4) is 0 Å². The van der Waals surface area contributed by atoms with Gasteiger partial charge in [0, 0.05) is 18.9 Å². The number of imidazole rings is 1. The number of amides is 1. The highest BCUT2D eigenvalue weighted by Crippen LogP contribution is 2.31. The Kier molecular flexibility index (Phi) is 3.76. The number of ether oxygens (including phenoxy) is 1. The maximum atomic E-state index is 13.1. The number of benzene rings is 1. The molecule has 0 fully saturated rings. The first kappa shape index (κ1) is 15.4. The highest BCUT2D eigenvalue weighted by molar-refractivity contribution is 5.92. The van der Waals surface area contributed by atoms with Gasteiger partial charge in [-0.15, -0.1) is 0 Å². The molecule has 1 aliphatic rings. The summed E-state index contributed by atoms with van der Waals surface area (Å²) < 4.78 is 12.6. The maximum Gasteiger partial charge on any atom is 0.292 e. The Balaban J connectivity index is 1.73. The first-order chi connectivity index (χ1) is 12.2. The minimum Gasteiger partial charge on any atom is -0.497 e. The van der Waals surface area contributed by atoms with Crippen molar-refractivity contribution in [3.8, 4) is 5.75 Å². The lowest BCUT2D eigenvalue weighted by molar-refractivity contribution is 0.0550. The van der Waals surface area contributed by atoms with E-state index in [9.17, 15) is 4.79 Å². The highest BCUT2D eigenvalue weighted by atomic mass is 16.5. The average Bonchev–Trinajstić information content (AvgIpc) is 3.28. The van der Waals surface area contributed by atoms with Crippen LogP contribution in [-0.2, 0) is 13.1 Å². The van der Waals surface area contributed by atoms with Gasteiger partial charge in [0.25, 0.3) is 5.91 Å². The summed E-state index contributed by atoms with van der Waals surface area (Å²) in [5, 5.41) is 0. The van der Waals surface area contributed by atoms with Crippen molar-refractivity contribution in [3.63, 3.8) is 0 Å². The molecule has 1 aromatic carbocycles. The summed E-state index contributed by atoms with van der Waals surface area (Å²) in [5.41, 5.74) is 1.62. The number of rotatable bonds is 3. The summed E-state index contributed by atoms with van der Waals surface area (Å²) in [6.45, 7) is 2.83. The van der Waals surface area contributed by atoms with Gasteiger partial charge in [-0.3, -0.25) is 4.79 Å². The van der Waals surface area contributed by atoms with Crippen LogP contribution in [0.1, 0.15) is 33.7 Å². The Morgan fingerprint density at radius 3 is 2.76 bits per heavy atom. The van der Waals surface area contributed by atoms with Crippen molar-refractivity contribution in [1.29, 1.82) is 0 Å². The van der Waals surface area contributed by atoms with E-state index in [1.54, 1.807) is 25.1 Å². The molecule has 7 nitrogen and oxygen atoms in total. The van der Waals surface area contributed by atoms with Crippen LogP contribution in [0.4, 0.5) is 0 Å². The van der Waals surface area contributed by atoms with Crippen LogP contribution in [0.25, 0.3) is 0 Å². The van der Waals surface area contributed by atoms with E-state index in [0.717, 1.165) is 17.1 Å². The molecule has 1 atom stereocenters. The number of aryl methyl sites for hydroxylation is 1. The number of fused-ring (bicyclic) bond motifs is 1. The summed E-state index contributed by atoms with van der Waals surface area (Å²) in [7, 11) is 1.63. The molecule has 0 bridgehead atoms. The van der Waals surface area contributed by atoms with E-state index in [4.69, 9.17) is 9.15 Å². The van der Waals surface area contributed by atoms with E-state index in [-0.39, 0.29) is 17.7 Å². The zero-order chi connectivity index (χ0) is 17.4. The third kappa shape index (κ3) is 2.67. The lowest BCUT2D eigenvalue weighted by Gasteiger charge is -2.36. The molecule has 128 valence electrons. The van der Waals surface area contributed by atoms with Crippen molar-refractivity contribution in [1.82, 2.24) is 19.4 Å². The number of oxazole rings is 1. The van der Waals surface area contributed by atoms with Crippen molar-refractivity contribution < 1.29 is 13.9 Å². The predicted octanol–water partition coefficient (Wildman–Crippen LogP) is 2.59. The number of carbonyl (C=O) groups is 1. The van der Waals surface area contributed by atoms with E-state index in [2.05, 4.69) is 14.5 Å². The van der Waals surface area contributed by atoms with Crippen LogP contribution in [0, 0.1) is 6.92 Å². The number of aromatic nitrogens is 3. The van der Waals surface area contributed by atoms with Crippen molar-refractivity contribution >= 4 is 5.91 Å². The number of carbonyl (C=O) groups excluding carboxylic acids is 1. The molecule has 0 unspecified atom stereocenters. The molecule has 3 aromatic rings. The second kappa shape index (κ2) is 6.08. The largest absolute Gasteiger partial charge is 0.497 e. The van der Waals surface area contributed by atoms with Crippen LogP contribution >= 0.6 is 0 Å². The normalized spacial score (nSPS) is 16.6. The number of nitrogens with zero attached hydrogens (tertiary/aromatic N) is 4. The molecule has 0 radical (unpaired) electrons. The summed E-state index contributed by atoms with van der Waals surface area (Å²) in [4.78, 5) is 23.2. The third-order valence-electron chi connectivity index (χ3n) is 4.56. The lowest BCUT2D eigenvalue weighted by Crippen LogP contribution is -2.41. The first-order valence-electron chi connectivity index (χ1n) is 8.02. The fourth-order valence-electron chi connectivity index (χ4n) is 3.17. The molecule has 0 aliphatic carbocycles. The van der Waals surface area contributed by atoms with Gasteiger partial charge in [0.05, 0.1) is 25.4 Å². The summed E-state index contributed by atoms with van der Waals surface area (Å²) in [6, 6.07) is 7.66. The van der Waals surface area contributed by atoms with Crippen LogP contribution in [0.2, 0.25) is 0 Å². The van der Waals surface area contributed by atoms with Gasteiger partial charge in [-0.2, -0.15) is 0 Å². The number of hydrogen-bond donors (Lipinski definition) is 0. The molecular formula is C18H18N4O3. The predicted molar refractivity (Wildman–Crippen MR) is 89.1 cm³/mol. The van der Waals surface area contributed by atoms with Gasteiger partial charge in [-0.25, -0.2) is 9.97 Å². The van der Waals surface area contributed by atoms with E-state index in [1.165, 1.54) is 6.39 Å². The zero-order valence-electron chi connectivity index (χ0n) is 14.0. The van der Waals surface area contributed by atoms with Gasteiger partial charge in [0.2, 0.25) is 5.76 Å². The highest BCUT2D eigenvalue weighted by Gasteiger charge is 2.34. The van der Waals surface area contributed by atoms with Gasteiger partial charge >= 0.3 is 0 Å². The van der Waals surface area contributed by atoms with Gasteiger partial charge < -0.3 is 18.6 Å². The fraction of sp³-hybridized carbons (Fsp3) is 0.278. The molecule has 0 N–H and O–H groups in total. The Bertz CT molecular complexity index is 897. The Labute approximate surface area is 144 Å². The molecule has 1 aliphatic heterocycles. The molecule has 4 rings (SSSR count). The average molecular weight is 338 g/mol. The van der Waals surface area contributed by atoms with E-state index in [0.29, 0.717) is 18.8 Å². The van der Waals surface area contributed by atoms with E-state index < -0.39 is 0 Å². The van der Waals surface area contributed by atoms with Gasteiger partial charge in [-0.05, 0) is 24.6 Å². The standard InChI is InChI=1S/C18H18N4O3/c1-12-17(25-11-20-12)18(23)22-10-16-19-7-8-21(16)9-15(22)13-3-5-14(24-2)6-4-13/h3-8,11,15H,9-10H2,1-2H3/t15-/m0/s1. The van der Waals surface area contributed by atoms with Gasteiger partial charge in [-0.1, -0.05) is 12.1 Å². The minimum absolute atomic E-state index is 0.121. The van der Waals surface area contributed by atoms with Crippen LogP contribution in [-0.4, -0.2) is 32.5 Å². The van der Waals surface area contributed by atoms with Crippen molar-refractivity contribution in [2.45, 2.75) is 26.1 Å². The van der Waals surface area contributed by atoms with E-state index in [1.807, 2.05) is 30.5 Å². The minimum atomic E-state index is -0.176.